The summed E-state index contributed by atoms with van der Waals surface area (Å²) in [6.45, 7) is 2.89. The minimum Gasteiger partial charge on any atom is -0.447 e. The summed E-state index contributed by atoms with van der Waals surface area (Å²) in [7, 11) is 1.88. The highest BCUT2D eigenvalue weighted by molar-refractivity contribution is 5.87. The van der Waals surface area contributed by atoms with E-state index in [2.05, 4.69) is 21.8 Å². The Kier molecular flexibility index (Phi) is 4.73. The fourth-order valence-corrected chi connectivity index (χ4v) is 4.87. The van der Waals surface area contributed by atoms with Crippen LogP contribution in [0.15, 0.2) is 18.6 Å². The highest BCUT2D eigenvalue weighted by Gasteiger charge is 2.41. The SMILES string of the molecule is CCC1C(O)N(C)c2cnc(-n3ccnc3N3CCOC3=O)nc2N1C1CCCC1. The number of hydrogen-bond acceptors (Lipinski definition) is 8. The molecular formula is C20H27N7O3. The Morgan fingerprint density at radius 2 is 2.07 bits per heavy atom. The Hall–Kier alpha value is -2.88. The fourth-order valence-electron chi connectivity index (χ4n) is 4.87. The number of amides is 1. The summed E-state index contributed by atoms with van der Waals surface area (Å²) in [5, 5.41) is 10.9. The third-order valence-corrected chi connectivity index (χ3v) is 6.44. The Balaban J connectivity index is 1.59. The summed E-state index contributed by atoms with van der Waals surface area (Å²) in [4.78, 5) is 31.5. The zero-order valence-corrected chi connectivity index (χ0v) is 17.3. The number of carbonyl (C=O) groups excluding carboxylic acids is 1. The monoisotopic (exact) mass is 413 g/mol. The normalized spacial score (nSPS) is 24.5. The zero-order chi connectivity index (χ0) is 20.8. The number of anilines is 3. The van der Waals surface area contributed by atoms with Crippen LogP contribution in [0.2, 0.25) is 0 Å². The van der Waals surface area contributed by atoms with E-state index in [0.29, 0.717) is 31.1 Å². The number of rotatable bonds is 4. The van der Waals surface area contributed by atoms with Gasteiger partial charge in [0.25, 0.3) is 0 Å². The molecule has 0 aromatic carbocycles. The molecule has 10 nitrogen and oxygen atoms in total. The quantitative estimate of drug-likeness (QED) is 0.812. The van der Waals surface area contributed by atoms with Crippen LogP contribution in [0.1, 0.15) is 39.0 Å². The van der Waals surface area contributed by atoms with E-state index in [0.717, 1.165) is 30.8 Å². The van der Waals surface area contributed by atoms with Crippen LogP contribution in [0.3, 0.4) is 0 Å². The standard InChI is InChI=1S/C20H27N7O3/c1-3-14-17(28)24(2)15-12-22-18(23-16(15)27(14)13-6-4-5-7-13)25-9-8-21-19(25)26-10-11-30-20(26)29/h8-9,12-14,17,28H,3-7,10-11H2,1-2H3. The van der Waals surface area contributed by atoms with Gasteiger partial charge in [0, 0.05) is 25.5 Å². The molecule has 2 atom stereocenters. The molecule has 2 aliphatic heterocycles. The third kappa shape index (κ3) is 2.89. The Morgan fingerprint density at radius 3 is 2.77 bits per heavy atom. The van der Waals surface area contributed by atoms with Gasteiger partial charge in [-0.25, -0.2) is 19.7 Å². The van der Waals surface area contributed by atoms with Gasteiger partial charge < -0.3 is 19.6 Å². The minimum atomic E-state index is -0.610. The van der Waals surface area contributed by atoms with Gasteiger partial charge >= 0.3 is 6.09 Å². The summed E-state index contributed by atoms with van der Waals surface area (Å²) < 4.78 is 6.77. The number of aromatic nitrogens is 4. The van der Waals surface area contributed by atoms with E-state index >= 15 is 0 Å². The van der Waals surface area contributed by atoms with E-state index in [1.807, 2.05) is 11.9 Å². The first kappa shape index (κ1) is 19.1. The zero-order valence-electron chi connectivity index (χ0n) is 17.3. The van der Waals surface area contributed by atoms with Gasteiger partial charge in [-0.3, -0.25) is 4.57 Å². The molecule has 1 aliphatic carbocycles. The average Bonchev–Trinajstić information content (AvgIpc) is 3.51. The topological polar surface area (TPSA) is 99.8 Å². The fraction of sp³-hybridized carbons (Fsp3) is 0.600. The smallest absolute Gasteiger partial charge is 0.416 e. The molecule has 2 aromatic rings. The second kappa shape index (κ2) is 7.42. The second-order valence-corrected chi connectivity index (χ2v) is 8.09. The summed E-state index contributed by atoms with van der Waals surface area (Å²) in [6, 6.07) is 0.319. The number of imidazole rings is 1. The molecule has 1 saturated carbocycles. The lowest BCUT2D eigenvalue weighted by molar-refractivity contribution is 0.127. The molecule has 0 bridgehead atoms. The Labute approximate surface area is 175 Å². The molecule has 1 amide bonds. The van der Waals surface area contributed by atoms with Crippen molar-refractivity contribution in [3.8, 4) is 5.95 Å². The molecule has 5 rings (SSSR count). The number of hydrogen-bond donors (Lipinski definition) is 1. The van der Waals surface area contributed by atoms with Gasteiger partial charge in [0.15, 0.2) is 5.82 Å². The molecule has 160 valence electrons. The van der Waals surface area contributed by atoms with E-state index in [1.54, 1.807) is 23.2 Å². The van der Waals surface area contributed by atoms with Crippen LogP contribution in [-0.2, 0) is 4.74 Å². The van der Waals surface area contributed by atoms with Crippen LogP contribution in [0.4, 0.5) is 22.2 Å². The average molecular weight is 413 g/mol. The molecule has 4 heterocycles. The number of aliphatic hydroxyl groups is 1. The molecule has 0 spiro atoms. The van der Waals surface area contributed by atoms with Gasteiger partial charge in [0.1, 0.15) is 18.5 Å². The summed E-state index contributed by atoms with van der Waals surface area (Å²) in [6.07, 6.45) is 9.51. The lowest BCUT2D eigenvalue weighted by Gasteiger charge is -2.48. The number of fused-ring (bicyclic) bond motifs is 1. The molecule has 2 unspecified atom stereocenters. The molecule has 2 fully saturated rings. The van der Waals surface area contributed by atoms with Crippen LogP contribution < -0.4 is 14.7 Å². The molecule has 1 N–H and O–H groups in total. The Morgan fingerprint density at radius 1 is 1.27 bits per heavy atom. The van der Waals surface area contributed by atoms with E-state index in [9.17, 15) is 9.90 Å². The van der Waals surface area contributed by atoms with E-state index in [4.69, 9.17) is 9.72 Å². The van der Waals surface area contributed by atoms with Crippen LogP contribution in [0, 0.1) is 0 Å². The van der Waals surface area contributed by atoms with Gasteiger partial charge in [0.05, 0.1) is 18.8 Å². The number of likely N-dealkylation sites (N-methyl/N-ethyl adjacent to an activating group) is 1. The molecular weight excluding hydrogens is 386 g/mol. The van der Waals surface area contributed by atoms with E-state index < -0.39 is 12.3 Å². The maximum absolute atomic E-state index is 12.0. The maximum atomic E-state index is 12.0. The van der Waals surface area contributed by atoms with Gasteiger partial charge in [-0.05, 0) is 19.3 Å². The molecule has 0 radical (unpaired) electrons. The minimum absolute atomic E-state index is 0.0378. The van der Waals surface area contributed by atoms with E-state index in [-0.39, 0.29) is 6.04 Å². The lowest BCUT2D eigenvalue weighted by atomic mass is 10.0. The highest BCUT2D eigenvalue weighted by Crippen LogP contribution is 2.41. The predicted octanol–water partition coefficient (Wildman–Crippen LogP) is 1.91. The maximum Gasteiger partial charge on any atom is 0.416 e. The number of carbonyl (C=O) groups is 1. The third-order valence-electron chi connectivity index (χ3n) is 6.44. The van der Waals surface area contributed by atoms with Gasteiger partial charge in [-0.15, -0.1) is 0 Å². The second-order valence-electron chi connectivity index (χ2n) is 8.09. The first-order valence-corrected chi connectivity index (χ1v) is 10.6. The number of nitrogens with zero attached hydrogens (tertiary/aromatic N) is 7. The van der Waals surface area contributed by atoms with Crippen molar-refractivity contribution >= 4 is 23.5 Å². The van der Waals surface area contributed by atoms with Gasteiger partial charge in [-0.2, -0.15) is 4.98 Å². The summed E-state index contributed by atoms with van der Waals surface area (Å²) in [5.41, 5.74) is 0.810. The van der Waals surface area contributed by atoms with Crippen LogP contribution in [0.25, 0.3) is 5.95 Å². The molecule has 2 aromatic heterocycles. The summed E-state index contributed by atoms with van der Waals surface area (Å²) in [5.74, 6) is 1.72. The van der Waals surface area contributed by atoms with Crippen molar-refractivity contribution in [1.82, 2.24) is 19.5 Å². The first-order chi connectivity index (χ1) is 14.6. The van der Waals surface area contributed by atoms with Gasteiger partial charge in [0.2, 0.25) is 11.9 Å². The largest absolute Gasteiger partial charge is 0.447 e. The highest BCUT2D eigenvalue weighted by atomic mass is 16.6. The lowest BCUT2D eigenvalue weighted by Crippen LogP contribution is -2.58. The van der Waals surface area contributed by atoms with Crippen molar-refractivity contribution < 1.29 is 14.6 Å². The number of cyclic esters (lactones) is 1. The van der Waals surface area contributed by atoms with Crippen molar-refractivity contribution in [2.75, 3.05) is 34.9 Å². The van der Waals surface area contributed by atoms with Crippen molar-refractivity contribution in [2.45, 2.75) is 57.3 Å². The van der Waals surface area contributed by atoms with Crippen molar-refractivity contribution in [3.63, 3.8) is 0 Å². The van der Waals surface area contributed by atoms with Crippen molar-refractivity contribution in [2.24, 2.45) is 0 Å². The molecule has 1 saturated heterocycles. The summed E-state index contributed by atoms with van der Waals surface area (Å²) >= 11 is 0. The molecule has 10 heteroatoms. The Bertz CT molecular complexity index is 942. The molecule has 30 heavy (non-hydrogen) atoms. The van der Waals surface area contributed by atoms with Crippen LogP contribution in [0.5, 0.6) is 0 Å². The van der Waals surface area contributed by atoms with Crippen molar-refractivity contribution in [3.05, 3.63) is 18.6 Å². The van der Waals surface area contributed by atoms with Gasteiger partial charge in [-0.1, -0.05) is 19.8 Å². The first-order valence-electron chi connectivity index (χ1n) is 10.6. The van der Waals surface area contributed by atoms with Crippen molar-refractivity contribution in [1.29, 1.82) is 0 Å². The van der Waals surface area contributed by atoms with Crippen LogP contribution >= 0.6 is 0 Å². The number of aliphatic hydroxyl groups excluding tert-OH is 1. The van der Waals surface area contributed by atoms with Crippen LogP contribution in [-0.4, -0.2) is 69.2 Å². The van der Waals surface area contributed by atoms with E-state index in [1.165, 1.54) is 17.7 Å². The number of ether oxygens (including phenoxy) is 1. The predicted molar refractivity (Wildman–Crippen MR) is 111 cm³/mol. The molecule has 3 aliphatic rings.